The summed E-state index contributed by atoms with van der Waals surface area (Å²) in [5.41, 5.74) is 7.79. The predicted molar refractivity (Wildman–Crippen MR) is 274 cm³/mol. The lowest BCUT2D eigenvalue weighted by atomic mass is 10.00. The lowest BCUT2D eigenvalue weighted by molar-refractivity contribution is -0.198. The Morgan fingerprint density at radius 2 is 1.54 bits per heavy atom. The first kappa shape index (κ1) is 49.2. The molecule has 15 heteroatoms. The number of aromatic nitrogens is 2. The number of hydrogen-bond donors (Lipinski definition) is 2. The second-order valence-electron chi connectivity index (χ2n) is 18.7. The summed E-state index contributed by atoms with van der Waals surface area (Å²) in [5.74, 6) is -0.274. The van der Waals surface area contributed by atoms with Crippen molar-refractivity contribution in [3.8, 4) is 16.9 Å². The van der Waals surface area contributed by atoms with Crippen molar-refractivity contribution in [3.05, 3.63) is 167 Å². The molecule has 2 fully saturated rings. The molecule has 2 aromatic heterocycles. The van der Waals surface area contributed by atoms with Crippen LogP contribution in [0.25, 0.3) is 11.1 Å². The number of amides is 4. The quantitative estimate of drug-likeness (QED) is 0.0710. The van der Waals surface area contributed by atoms with E-state index < -0.39 is 24.7 Å². The van der Waals surface area contributed by atoms with Crippen LogP contribution < -0.4 is 20.3 Å². The highest BCUT2D eigenvalue weighted by molar-refractivity contribution is 6.06. The predicted octanol–water partition coefficient (Wildman–Crippen LogP) is 9.78. The van der Waals surface area contributed by atoms with Crippen molar-refractivity contribution in [1.82, 2.24) is 14.0 Å². The van der Waals surface area contributed by atoms with Crippen LogP contribution >= 0.6 is 0 Å². The van der Waals surface area contributed by atoms with Gasteiger partial charge in [-0.3, -0.25) is 19.2 Å². The van der Waals surface area contributed by atoms with Gasteiger partial charge >= 0.3 is 6.09 Å². The number of hydrogen-bond acceptors (Lipinski definition) is 9. The standard InChI is InChI=1S/C57H60N6O9/c1-5-25-70-57(68)63-47-33-51(37(2)27-45(47)55(67)62-24-11-9-18-46(62)56(63)72-53-19-10-12-26-69-53)71-36-40-15-13-14-39(28-40)30-52(65)58-44-32-48(61(4)35-44)50(64)29-38-20-22-41(23-21-38)42-31-49(60(3)34-42)54(66)59-43-16-7-6-8-17-43/h5-8,13-17,20-23,27-28,31-35,46,53,56H,1,9-12,18-19,24-26,29-30,36H2,2-4H3,(H,58,65)(H,59,66)/t46-,53?,56?/m0/s1. The van der Waals surface area contributed by atoms with E-state index in [1.54, 1.807) is 40.6 Å². The molecule has 3 atom stereocenters. The Bertz CT molecular complexity index is 2970. The van der Waals surface area contributed by atoms with Crippen LogP contribution in [0.15, 0.2) is 128 Å². The molecular formula is C57H60N6O9. The summed E-state index contributed by atoms with van der Waals surface area (Å²) in [4.78, 5) is 71.6. The van der Waals surface area contributed by atoms with E-state index in [0.29, 0.717) is 65.6 Å². The van der Waals surface area contributed by atoms with Gasteiger partial charge in [0, 0.05) is 63.4 Å². The van der Waals surface area contributed by atoms with Crippen molar-refractivity contribution in [3.63, 3.8) is 0 Å². The van der Waals surface area contributed by atoms with Gasteiger partial charge in [-0.25, -0.2) is 9.69 Å². The largest absolute Gasteiger partial charge is 0.489 e. The number of carbonyl (C=O) groups is 5. The average molecular weight is 973 g/mol. The van der Waals surface area contributed by atoms with Crippen LogP contribution in [0, 0.1) is 6.92 Å². The Morgan fingerprint density at radius 1 is 0.764 bits per heavy atom. The first-order valence-electron chi connectivity index (χ1n) is 24.5. The average Bonchev–Trinajstić information content (AvgIpc) is 3.94. The number of nitrogens with zero attached hydrogens (tertiary/aromatic N) is 4. The van der Waals surface area contributed by atoms with Gasteiger partial charge < -0.3 is 43.6 Å². The molecule has 0 bridgehead atoms. The molecule has 6 aromatic rings. The maximum absolute atomic E-state index is 14.3. The molecule has 0 aliphatic carbocycles. The Morgan fingerprint density at radius 3 is 2.32 bits per heavy atom. The summed E-state index contributed by atoms with van der Waals surface area (Å²) in [6, 6.07) is 31.1. The van der Waals surface area contributed by atoms with Gasteiger partial charge in [0.25, 0.3) is 11.8 Å². The molecule has 2 unspecified atom stereocenters. The van der Waals surface area contributed by atoms with E-state index in [1.807, 2.05) is 110 Å². The number of carbonyl (C=O) groups excluding carboxylic acids is 5. The third-order valence-corrected chi connectivity index (χ3v) is 13.4. The number of Topliss-reactive ketones (excluding diaryl/α,β-unsaturated/α-hetero) is 1. The lowest BCUT2D eigenvalue weighted by Gasteiger charge is -2.42. The molecule has 0 saturated carbocycles. The third-order valence-electron chi connectivity index (χ3n) is 13.4. The summed E-state index contributed by atoms with van der Waals surface area (Å²) in [5, 5.41) is 5.88. The summed E-state index contributed by atoms with van der Waals surface area (Å²) < 4.78 is 28.2. The number of anilines is 3. The highest BCUT2D eigenvalue weighted by atomic mass is 16.7. The van der Waals surface area contributed by atoms with Crippen LogP contribution in [-0.4, -0.2) is 82.0 Å². The topological polar surface area (TPSA) is 163 Å². The van der Waals surface area contributed by atoms with Crippen LogP contribution in [0.4, 0.5) is 21.9 Å². The van der Waals surface area contributed by atoms with Gasteiger partial charge in [0.15, 0.2) is 18.3 Å². The maximum Gasteiger partial charge on any atom is 0.416 e. The molecule has 3 aliphatic rings. The number of fused-ring (bicyclic) bond motifs is 2. The smallest absolute Gasteiger partial charge is 0.416 e. The van der Waals surface area contributed by atoms with E-state index in [0.717, 1.165) is 59.2 Å². The van der Waals surface area contributed by atoms with Crippen LogP contribution in [0.1, 0.15) is 92.1 Å². The number of benzene rings is 4. The second-order valence-corrected chi connectivity index (χ2v) is 18.7. The first-order valence-corrected chi connectivity index (χ1v) is 24.5. The fourth-order valence-corrected chi connectivity index (χ4v) is 9.75. The summed E-state index contributed by atoms with van der Waals surface area (Å²) in [6.45, 7) is 6.80. The number of aryl methyl sites for hydroxylation is 3. The molecular weight excluding hydrogens is 913 g/mol. The Labute approximate surface area is 419 Å². The third kappa shape index (κ3) is 11.2. The molecule has 4 aromatic carbocycles. The van der Waals surface area contributed by atoms with Crippen molar-refractivity contribution in [2.24, 2.45) is 14.1 Å². The Balaban J connectivity index is 0.834. The number of para-hydroxylation sites is 1. The van der Waals surface area contributed by atoms with Crippen molar-refractivity contribution < 1.29 is 42.9 Å². The molecule has 4 amide bonds. The molecule has 372 valence electrons. The highest BCUT2D eigenvalue weighted by Gasteiger charge is 2.46. The van der Waals surface area contributed by atoms with E-state index >= 15 is 0 Å². The molecule has 2 N–H and O–H groups in total. The molecule has 5 heterocycles. The van der Waals surface area contributed by atoms with Crippen molar-refractivity contribution in [2.45, 2.75) is 83.5 Å². The molecule has 0 spiro atoms. The van der Waals surface area contributed by atoms with Gasteiger partial charge in [-0.15, -0.1) is 0 Å². The SMILES string of the molecule is C=CCOC(=O)N1c2cc(OCc3cccc(CC(=O)Nc4cc(C(=O)Cc5ccc(-c6cc(C(=O)Nc7ccccc7)n(C)c6)cc5)n(C)c4)c3)c(C)cc2C(=O)N2CCCC[C@H]2C1OC1CCCCO1. The van der Waals surface area contributed by atoms with Gasteiger partial charge in [0.05, 0.1) is 35.1 Å². The molecule has 0 radical (unpaired) electrons. The number of piperidine rings is 1. The molecule has 72 heavy (non-hydrogen) atoms. The van der Waals surface area contributed by atoms with Crippen molar-refractivity contribution in [2.75, 3.05) is 35.3 Å². The van der Waals surface area contributed by atoms with E-state index in [2.05, 4.69) is 17.2 Å². The van der Waals surface area contributed by atoms with E-state index in [1.165, 1.54) is 11.0 Å². The Kier molecular flexibility index (Phi) is 15.1. The monoisotopic (exact) mass is 972 g/mol. The van der Waals surface area contributed by atoms with Crippen LogP contribution in [0.3, 0.4) is 0 Å². The Hall–Kier alpha value is -7.75. The summed E-state index contributed by atoms with van der Waals surface area (Å²) >= 11 is 0. The van der Waals surface area contributed by atoms with Gasteiger partial charge in [-0.05, 0) is 104 Å². The van der Waals surface area contributed by atoms with Crippen LogP contribution in [0.5, 0.6) is 5.75 Å². The lowest BCUT2D eigenvalue weighted by Crippen LogP contribution is -2.57. The highest BCUT2D eigenvalue weighted by Crippen LogP contribution is 2.40. The second kappa shape index (κ2) is 22.1. The minimum Gasteiger partial charge on any atom is -0.489 e. The zero-order valence-electron chi connectivity index (χ0n) is 40.9. The maximum atomic E-state index is 14.3. The van der Waals surface area contributed by atoms with Crippen LogP contribution in [0.2, 0.25) is 0 Å². The summed E-state index contributed by atoms with van der Waals surface area (Å²) in [7, 11) is 3.60. The zero-order chi connectivity index (χ0) is 50.3. The zero-order valence-corrected chi connectivity index (χ0v) is 40.9. The minimum atomic E-state index is -0.860. The van der Waals surface area contributed by atoms with E-state index in [4.69, 9.17) is 18.9 Å². The van der Waals surface area contributed by atoms with E-state index in [-0.39, 0.29) is 49.6 Å². The number of rotatable bonds is 16. The van der Waals surface area contributed by atoms with Gasteiger partial charge in [0.1, 0.15) is 24.7 Å². The van der Waals surface area contributed by atoms with Crippen LogP contribution in [-0.2, 0) is 52.5 Å². The first-order chi connectivity index (χ1) is 34.9. The molecule has 3 aliphatic heterocycles. The van der Waals surface area contributed by atoms with E-state index in [9.17, 15) is 24.0 Å². The number of nitrogens with one attached hydrogen (secondary N) is 2. The molecule has 9 rings (SSSR count). The van der Waals surface area contributed by atoms with Gasteiger partial charge in [0.2, 0.25) is 5.91 Å². The summed E-state index contributed by atoms with van der Waals surface area (Å²) in [6.07, 6.45) is 8.21. The van der Waals surface area contributed by atoms with Crippen molar-refractivity contribution >= 4 is 46.7 Å². The van der Waals surface area contributed by atoms with Gasteiger partial charge in [-0.2, -0.15) is 0 Å². The molecule has 15 nitrogen and oxygen atoms in total. The fourth-order valence-electron chi connectivity index (χ4n) is 9.75. The normalized spacial score (nSPS) is 17.5. The van der Waals surface area contributed by atoms with Gasteiger partial charge in [-0.1, -0.05) is 79.4 Å². The fraction of sp³-hybridized carbons (Fsp3) is 0.316. The number of ketones is 1. The molecule has 2 saturated heterocycles. The minimum absolute atomic E-state index is 0.0232. The van der Waals surface area contributed by atoms with Crippen molar-refractivity contribution in [1.29, 1.82) is 0 Å². The number of ether oxygens (including phenoxy) is 4.